The highest BCUT2D eigenvalue weighted by Gasteiger charge is 2.25. The standard InChI is InChI=1S/C19H25N3O2S/c1-21-12-14-22(15-13-21)19(17-8-4-2-5-9-17)16-20-25(23,24)18-10-6-3-7-11-18/h2-11,19-20H,12-16H2,1H3. The molecule has 0 amide bonds. The van der Waals surface area contributed by atoms with Gasteiger partial charge in [-0.05, 0) is 24.7 Å². The average Bonchev–Trinajstić information content (AvgIpc) is 2.65. The lowest BCUT2D eigenvalue weighted by atomic mass is 10.0. The van der Waals surface area contributed by atoms with E-state index in [1.807, 2.05) is 24.3 Å². The summed E-state index contributed by atoms with van der Waals surface area (Å²) < 4.78 is 27.9. The Kier molecular flexibility index (Phi) is 5.86. The Bertz CT molecular complexity index is 758. The number of hydrogen-bond acceptors (Lipinski definition) is 4. The van der Waals surface area contributed by atoms with Crippen molar-refractivity contribution in [2.45, 2.75) is 10.9 Å². The highest BCUT2D eigenvalue weighted by molar-refractivity contribution is 7.89. The quantitative estimate of drug-likeness (QED) is 0.857. The topological polar surface area (TPSA) is 52.6 Å². The lowest BCUT2D eigenvalue weighted by Crippen LogP contribution is -2.48. The molecule has 5 nitrogen and oxygen atoms in total. The van der Waals surface area contributed by atoms with Crippen molar-refractivity contribution < 1.29 is 8.42 Å². The molecule has 134 valence electrons. The van der Waals surface area contributed by atoms with Crippen molar-refractivity contribution in [2.24, 2.45) is 0 Å². The molecule has 1 atom stereocenters. The van der Waals surface area contributed by atoms with Crippen molar-refractivity contribution in [3.8, 4) is 0 Å². The first-order valence-electron chi connectivity index (χ1n) is 8.58. The Labute approximate surface area is 150 Å². The Morgan fingerprint density at radius 1 is 0.920 bits per heavy atom. The third-order valence-electron chi connectivity index (χ3n) is 4.68. The molecule has 2 aromatic rings. The molecule has 0 aliphatic carbocycles. The van der Waals surface area contributed by atoms with Crippen LogP contribution in [-0.4, -0.2) is 58.0 Å². The van der Waals surface area contributed by atoms with Crippen molar-refractivity contribution in [1.82, 2.24) is 14.5 Å². The number of rotatable bonds is 6. The molecule has 2 aromatic carbocycles. The van der Waals surface area contributed by atoms with Crippen LogP contribution in [-0.2, 0) is 10.0 Å². The van der Waals surface area contributed by atoms with Gasteiger partial charge in [0.25, 0.3) is 0 Å². The van der Waals surface area contributed by atoms with E-state index in [1.54, 1.807) is 24.3 Å². The zero-order valence-corrected chi connectivity index (χ0v) is 15.3. The van der Waals surface area contributed by atoms with Gasteiger partial charge in [0, 0.05) is 38.8 Å². The molecule has 0 bridgehead atoms. The van der Waals surface area contributed by atoms with Gasteiger partial charge in [-0.15, -0.1) is 0 Å². The van der Waals surface area contributed by atoms with Gasteiger partial charge in [-0.1, -0.05) is 48.5 Å². The smallest absolute Gasteiger partial charge is 0.240 e. The monoisotopic (exact) mass is 359 g/mol. The van der Waals surface area contributed by atoms with Gasteiger partial charge in [-0.3, -0.25) is 4.90 Å². The Hall–Kier alpha value is -1.73. The van der Waals surface area contributed by atoms with Crippen molar-refractivity contribution >= 4 is 10.0 Å². The van der Waals surface area contributed by atoms with E-state index < -0.39 is 10.0 Å². The Morgan fingerprint density at radius 3 is 2.08 bits per heavy atom. The molecule has 1 aliphatic heterocycles. The van der Waals surface area contributed by atoms with Crippen molar-refractivity contribution in [3.05, 3.63) is 66.2 Å². The average molecular weight is 359 g/mol. The summed E-state index contributed by atoms with van der Waals surface area (Å²) >= 11 is 0. The van der Waals surface area contributed by atoms with Crippen LogP contribution in [0.15, 0.2) is 65.6 Å². The molecule has 1 fully saturated rings. The van der Waals surface area contributed by atoms with Gasteiger partial charge < -0.3 is 4.90 Å². The highest BCUT2D eigenvalue weighted by Crippen LogP contribution is 2.22. The van der Waals surface area contributed by atoms with Crippen LogP contribution in [0.4, 0.5) is 0 Å². The molecule has 3 rings (SSSR count). The van der Waals surface area contributed by atoms with Gasteiger partial charge in [0.05, 0.1) is 4.90 Å². The number of nitrogens with one attached hydrogen (secondary N) is 1. The van der Waals surface area contributed by atoms with E-state index in [0.29, 0.717) is 11.4 Å². The number of nitrogens with zero attached hydrogens (tertiary/aromatic N) is 2. The van der Waals surface area contributed by atoms with Crippen LogP contribution in [0.5, 0.6) is 0 Å². The second-order valence-electron chi connectivity index (χ2n) is 6.43. The second-order valence-corrected chi connectivity index (χ2v) is 8.20. The fourth-order valence-electron chi connectivity index (χ4n) is 3.14. The summed E-state index contributed by atoms with van der Waals surface area (Å²) in [4.78, 5) is 4.97. The minimum Gasteiger partial charge on any atom is -0.304 e. The molecule has 1 saturated heterocycles. The zero-order chi connectivity index (χ0) is 17.7. The third-order valence-corrected chi connectivity index (χ3v) is 6.12. The first kappa shape index (κ1) is 18.1. The van der Waals surface area contributed by atoms with Crippen LogP contribution in [0.25, 0.3) is 0 Å². The van der Waals surface area contributed by atoms with Crippen LogP contribution in [0.2, 0.25) is 0 Å². The Morgan fingerprint density at radius 2 is 1.48 bits per heavy atom. The van der Waals surface area contributed by atoms with Crippen LogP contribution >= 0.6 is 0 Å². The van der Waals surface area contributed by atoms with Crippen LogP contribution in [0, 0.1) is 0 Å². The van der Waals surface area contributed by atoms with Gasteiger partial charge >= 0.3 is 0 Å². The van der Waals surface area contributed by atoms with E-state index in [9.17, 15) is 8.42 Å². The molecule has 0 spiro atoms. The molecular weight excluding hydrogens is 334 g/mol. The normalized spacial score (nSPS) is 18.1. The lowest BCUT2D eigenvalue weighted by Gasteiger charge is -2.38. The summed E-state index contributed by atoms with van der Waals surface area (Å²) in [6.45, 7) is 4.22. The van der Waals surface area contributed by atoms with Gasteiger partial charge in [-0.2, -0.15) is 0 Å². The number of piperazine rings is 1. The predicted molar refractivity (Wildman–Crippen MR) is 99.9 cm³/mol. The first-order chi connectivity index (χ1) is 12.1. The van der Waals surface area contributed by atoms with Crippen LogP contribution in [0.3, 0.4) is 0 Å². The predicted octanol–water partition coefficient (Wildman–Crippen LogP) is 1.95. The number of benzene rings is 2. The minimum absolute atomic E-state index is 0.0355. The van der Waals surface area contributed by atoms with E-state index >= 15 is 0 Å². The minimum atomic E-state index is -3.50. The molecule has 0 aromatic heterocycles. The van der Waals surface area contributed by atoms with Crippen LogP contribution in [0.1, 0.15) is 11.6 Å². The molecular formula is C19H25N3O2S. The van der Waals surface area contributed by atoms with E-state index in [-0.39, 0.29) is 6.04 Å². The zero-order valence-electron chi connectivity index (χ0n) is 14.5. The molecule has 1 N–H and O–H groups in total. The maximum atomic E-state index is 12.6. The SMILES string of the molecule is CN1CCN(C(CNS(=O)(=O)c2ccccc2)c2ccccc2)CC1. The van der Waals surface area contributed by atoms with E-state index in [4.69, 9.17) is 0 Å². The third kappa shape index (κ3) is 4.67. The summed E-state index contributed by atoms with van der Waals surface area (Å²) in [5.41, 5.74) is 1.14. The number of hydrogen-bond donors (Lipinski definition) is 1. The summed E-state index contributed by atoms with van der Waals surface area (Å²) in [7, 11) is -1.38. The fourth-order valence-corrected chi connectivity index (χ4v) is 4.20. The number of likely N-dealkylation sites (N-methyl/N-ethyl adjacent to an activating group) is 1. The molecule has 0 radical (unpaired) electrons. The van der Waals surface area contributed by atoms with E-state index in [2.05, 4.69) is 33.7 Å². The van der Waals surface area contributed by atoms with Crippen molar-refractivity contribution in [1.29, 1.82) is 0 Å². The molecule has 6 heteroatoms. The summed E-state index contributed by atoms with van der Waals surface area (Å²) in [6.07, 6.45) is 0. The molecule has 0 saturated carbocycles. The van der Waals surface area contributed by atoms with Gasteiger partial charge in [0.2, 0.25) is 10.0 Å². The Balaban J connectivity index is 1.76. The van der Waals surface area contributed by atoms with Crippen molar-refractivity contribution in [2.75, 3.05) is 39.8 Å². The van der Waals surface area contributed by atoms with Gasteiger partial charge in [0.1, 0.15) is 0 Å². The lowest BCUT2D eigenvalue weighted by molar-refractivity contribution is 0.113. The number of sulfonamides is 1. The largest absolute Gasteiger partial charge is 0.304 e. The molecule has 1 heterocycles. The first-order valence-corrected chi connectivity index (χ1v) is 10.1. The van der Waals surface area contributed by atoms with E-state index in [0.717, 1.165) is 31.7 Å². The van der Waals surface area contributed by atoms with Crippen molar-refractivity contribution in [3.63, 3.8) is 0 Å². The maximum absolute atomic E-state index is 12.6. The highest BCUT2D eigenvalue weighted by atomic mass is 32.2. The van der Waals surface area contributed by atoms with Gasteiger partial charge in [-0.25, -0.2) is 13.1 Å². The summed E-state index contributed by atoms with van der Waals surface area (Å²) in [5.74, 6) is 0. The van der Waals surface area contributed by atoms with Gasteiger partial charge in [0.15, 0.2) is 0 Å². The van der Waals surface area contributed by atoms with Crippen LogP contribution < -0.4 is 4.72 Å². The fraction of sp³-hybridized carbons (Fsp3) is 0.368. The molecule has 25 heavy (non-hydrogen) atoms. The molecule has 1 aliphatic rings. The maximum Gasteiger partial charge on any atom is 0.240 e. The molecule has 1 unspecified atom stereocenters. The second kappa shape index (κ2) is 8.10. The van der Waals surface area contributed by atoms with E-state index in [1.165, 1.54) is 0 Å². The summed E-state index contributed by atoms with van der Waals surface area (Å²) in [6, 6.07) is 18.7. The summed E-state index contributed by atoms with van der Waals surface area (Å²) in [5, 5.41) is 0.